The van der Waals surface area contributed by atoms with Crippen molar-refractivity contribution < 1.29 is 14.7 Å². The molecule has 1 unspecified atom stereocenters. The number of aromatic nitrogens is 1. The zero-order valence-electron chi connectivity index (χ0n) is 11.9. The van der Waals surface area contributed by atoms with Crippen LogP contribution in [0.1, 0.15) is 36.5 Å². The number of pyridine rings is 1. The van der Waals surface area contributed by atoms with Crippen molar-refractivity contribution in [1.29, 1.82) is 0 Å². The SMILES string of the molecule is CCCCC(NC(=O)c1ccc2ncccc2c1)C(=O)O. The van der Waals surface area contributed by atoms with E-state index in [0.29, 0.717) is 12.0 Å². The van der Waals surface area contributed by atoms with Crippen LogP contribution in [0.5, 0.6) is 0 Å². The van der Waals surface area contributed by atoms with Gasteiger partial charge in [-0.1, -0.05) is 25.8 Å². The fourth-order valence-corrected chi connectivity index (χ4v) is 2.12. The lowest BCUT2D eigenvalue weighted by atomic mass is 10.1. The molecule has 2 N–H and O–H groups in total. The molecule has 0 saturated heterocycles. The lowest BCUT2D eigenvalue weighted by Gasteiger charge is -2.14. The van der Waals surface area contributed by atoms with E-state index in [1.165, 1.54) is 0 Å². The van der Waals surface area contributed by atoms with Gasteiger partial charge in [0.2, 0.25) is 0 Å². The number of amides is 1. The molecule has 2 rings (SSSR count). The van der Waals surface area contributed by atoms with Crippen molar-refractivity contribution in [2.45, 2.75) is 32.2 Å². The van der Waals surface area contributed by atoms with E-state index in [4.69, 9.17) is 5.11 Å². The first kappa shape index (κ1) is 15.0. The number of carbonyl (C=O) groups is 2. The number of hydrogen-bond donors (Lipinski definition) is 2. The van der Waals surface area contributed by atoms with Crippen LogP contribution in [0.25, 0.3) is 10.9 Å². The first-order valence-corrected chi connectivity index (χ1v) is 7.00. The molecule has 0 radical (unpaired) electrons. The maximum Gasteiger partial charge on any atom is 0.326 e. The molecule has 0 saturated carbocycles. The summed E-state index contributed by atoms with van der Waals surface area (Å²) in [5, 5.41) is 12.6. The fraction of sp³-hybridized carbons (Fsp3) is 0.312. The summed E-state index contributed by atoms with van der Waals surface area (Å²) in [6.07, 6.45) is 3.78. The van der Waals surface area contributed by atoms with E-state index >= 15 is 0 Å². The van der Waals surface area contributed by atoms with Gasteiger partial charge >= 0.3 is 5.97 Å². The van der Waals surface area contributed by atoms with E-state index in [-0.39, 0.29) is 5.91 Å². The predicted molar refractivity (Wildman–Crippen MR) is 80.2 cm³/mol. The van der Waals surface area contributed by atoms with Gasteiger partial charge in [-0.15, -0.1) is 0 Å². The minimum atomic E-state index is -1.00. The Kier molecular flexibility index (Phi) is 4.87. The van der Waals surface area contributed by atoms with E-state index in [2.05, 4.69) is 10.3 Å². The smallest absolute Gasteiger partial charge is 0.326 e. The molecule has 110 valence electrons. The van der Waals surface area contributed by atoms with Gasteiger partial charge in [-0.05, 0) is 30.7 Å². The first-order valence-electron chi connectivity index (χ1n) is 7.00. The highest BCUT2D eigenvalue weighted by Crippen LogP contribution is 2.13. The van der Waals surface area contributed by atoms with Gasteiger partial charge in [0.15, 0.2) is 0 Å². The summed E-state index contributed by atoms with van der Waals surface area (Å²) in [7, 11) is 0. The van der Waals surface area contributed by atoms with Crippen LogP contribution in [0.15, 0.2) is 36.5 Å². The lowest BCUT2D eigenvalue weighted by Crippen LogP contribution is -2.40. The van der Waals surface area contributed by atoms with Gasteiger partial charge in [0.1, 0.15) is 6.04 Å². The molecule has 1 aromatic carbocycles. The van der Waals surface area contributed by atoms with Gasteiger partial charge < -0.3 is 10.4 Å². The zero-order chi connectivity index (χ0) is 15.2. The molecule has 0 fully saturated rings. The minimum Gasteiger partial charge on any atom is -0.480 e. The molecule has 1 amide bonds. The molecule has 21 heavy (non-hydrogen) atoms. The topological polar surface area (TPSA) is 79.3 Å². The number of aliphatic carboxylic acids is 1. The number of nitrogens with one attached hydrogen (secondary N) is 1. The average molecular weight is 286 g/mol. The van der Waals surface area contributed by atoms with Crippen LogP contribution in [0.4, 0.5) is 0 Å². The summed E-state index contributed by atoms with van der Waals surface area (Å²) in [5.74, 6) is -1.37. The molecule has 0 bridgehead atoms. The Morgan fingerprint density at radius 1 is 1.33 bits per heavy atom. The number of fused-ring (bicyclic) bond motifs is 1. The van der Waals surface area contributed by atoms with Crippen molar-refractivity contribution in [1.82, 2.24) is 10.3 Å². The molecule has 1 aromatic heterocycles. The number of carboxylic acid groups (broad SMARTS) is 1. The Balaban J connectivity index is 2.15. The molecule has 1 atom stereocenters. The highest BCUT2D eigenvalue weighted by molar-refractivity contribution is 5.99. The normalized spacial score (nSPS) is 12.0. The molecule has 0 aliphatic heterocycles. The summed E-state index contributed by atoms with van der Waals surface area (Å²) >= 11 is 0. The monoisotopic (exact) mass is 286 g/mol. The second-order valence-electron chi connectivity index (χ2n) is 4.92. The standard InChI is InChI=1S/C16H18N2O3/c1-2-3-6-14(16(20)21)18-15(19)12-7-8-13-11(10-12)5-4-9-17-13/h4-5,7-10,14H,2-3,6H2,1H3,(H,18,19)(H,20,21). The third-order valence-corrected chi connectivity index (χ3v) is 3.31. The van der Waals surface area contributed by atoms with Crippen molar-refractivity contribution in [3.63, 3.8) is 0 Å². The Morgan fingerprint density at radius 2 is 2.14 bits per heavy atom. The molecule has 5 heteroatoms. The summed E-state index contributed by atoms with van der Waals surface area (Å²) in [4.78, 5) is 27.5. The lowest BCUT2D eigenvalue weighted by molar-refractivity contribution is -0.139. The van der Waals surface area contributed by atoms with Gasteiger partial charge in [-0.3, -0.25) is 9.78 Å². The maximum atomic E-state index is 12.2. The van der Waals surface area contributed by atoms with Crippen LogP contribution in [-0.2, 0) is 4.79 Å². The quantitative estimate of drug-likeness (QED) is 0.855. The Hall–Kier alpha value is -2.43. The Labute approximate surface area is 123 Å². The fourth-order valence-electron chi connectivity index (χ4n) is 2.12. The van der Waals surface area contributed by atoms with E-state index in [0.717, 1.165) is 23.7 Å². The maximum absolute atomic E-state index is 12.2. The van der Waals surface area contributed by atoms with Gasteiger partial charge in [-0.2, -0.15) is 0 Å². The van der Waals surface area contributed by atoms with E-state index < -0.39 is 12.0 Å². The Bertz CT molecular complexity index is 655. The number of unbranched alkanes of at least 4 members (excludes halogenated alkanes) is 1. The first-order chi connectivity index (χ1) is 10.1. The predicted octanol–water partition coefficient (Wildman–Crippen LogP) is 2.61. The summed E-state index contributed by atoms with van der Waals surface area (Å²) in [6, 6.07) is 7.95. The molecule has 0 spiro atoms. The van der Waals surface area contributed by atoms with E-state index in [9.17, 15) is 9.59 Å². The van der Waals surface area contributed by atoms with E-state index in [1.807, 2.05) is 13.0 Å². The van der Waals surface area contributed by atoms with Crippen LogP contribution < -0.4 is 5.32 Å². The third kappa shape index (κ3) is 3.78. The van der Waals surface area contributed by atoms with Crippen molar-refractivity contribution in [2.24, 2.45) is 0 Å². The number of nitrogens with zero attached hydrogens (tertiary/aromatic N) is 1. The largest absolute Gasteiger partial charge is 0.480 e. The van der Waals surface area contributed by atoms with Crippen molar-refractivity contribution in [2.75, 3.05) is 0 Å². The number of carbonyl (C=O) groups excluding carboxylic acids is 1. The number of hydrogen-bond acceptors (Lipinski definition) is 3. The van der Waals surface area contributed by atoms with E-state index in [1.54, 1.807) is 30.5 Å². The van der Waals surface area contributed by atoms with Crippen LogP contribution in [-0.4, -0.2) is 28.0 Å². The van der Waals surface area contributed by atoms with Crippen molar-refractivity contribution >= 4 is 22.8 Å². The minimum absolute atomic E-state index is 0.371. The van der Waals surface area contributed by atoms with Crippen molar-refractivity contribution in [3.8, 4) is 0 Å². The molecular weight excluding hydrogens is 268 g/mol. The van der Waals surface area contributed by atoms with Gasteiger partial charge in [-0.25, -0.2) is 4.79 Å². The zero-order valence-corrected chi connectivity index (χ0v) is 11.9. The highest BCUT2D eigenvalue weighted by Gasteiger charge is 2.20. The number of benzene rings is 1. The Morgan fingerprint density at radius 3 is 2.86 bits per heavy atom. The van der Waals surface area contributed by atoms with Gasteiger partial charge in [0.05, 0.1) is 5.52 Å². The van der Waals surface area contributed by atoms with Gasteiger partial charge in [0.25, 0.3) is 5.91 Å². The van der Waals surface area contributed by atoms with Crippen LogP contribution in [0.2, 0.25) is 0 Å². The molecule has 0 aliphatic carbocycles. The average Bonchev–Trinajstić information content (AvgIpc) is 2.50. The summed E-state index contributed by atoms with van der Waals surface area (Å²) in [6.45, 7) is 1.98. The highest BCUT2D eigenvalue weighted by atomic mass is 16.4. The number of rotatable bonds is 6. The molecule has 2 aromatic rings. The third-order valence-electron chi connectivity index (χ3n) is 3.31. The molecule has 1 heterocycles. The second-order valence-corrected chi connectivity index (χ2v) is 4.92. The number of carboxylic acids is 1. The second kappa shape index (κ2) is 6.83. The van der Waals surface area contributed by atoms with Crippen LogP contribution in [0.3, 0.4) is 0 Å². The molecular formula is C16H18N2O3. The summed E-state index contributed by atoms with van der Waals surface area (Å²) < 4.78 is 0. The molecule has 5 nitrogen and oxygen atoms in total. The van der Waals surface area contributed by atoms with Crippen LogP contribution >= 0.6 is 0 Å². The molecule has 0 aliphatic rings. The van der Waals surface area contributed by atoms with Crippen LogP contribution in [0, 0.1) is 0 Å². The van der Waals surface area contributed by atoms with Gasteiger partial charge in [0, 0.05) is 17.1 Å². The summed E-state index contributed by atoms with van der Waals surface area (Å²) in [5.41, 5.74) is 1.24. The van der Waals surface area contributed by atoms with Crippen molar-refractivity contribution in [3.05, 3.63) is 42.1 Å².